The third-order valence-corrected chi connectivity index (χ3v) is 3.33. The molecule has 1 amide bonds. The summed E-state index contributed by atoms with van der Waals surface area (Å²) in [6.07, 6.45) is 1.57. The number of nitrogens with one attached hydrogen (secondary N) is 1. The van der Waals surface area contributed by atoms with Gasteiger partial charge in [-0.3, -0.25) is 4.79 Å². The van der Waals surface area contributed by atoms with Crippen LogP contribution in [0.2, 0.25) is 0 Å². The Labute approximate surface area is 133 Å². The number of fused-ring (bicyclic) bond motifs is 1. The largest absolute Gasteiger partial charge is 0.497 e. The summed E-state index contributed by atoms with van der Waals surface area (Å²) in [4.78, 5) is 16.4. The van der Waals surface area contributed by atoms with Crippen molar-refractivity contribution >= 4 is 23.0 Å². The third kappa shape index (κ3) is 3.52. The van der Waals surface area contributed by atoms with Crippen molar-refractivity contribution in [3.63, 3.8) is 0 Å². The molecule has 3 rings (SSSR count). The quantitative estimate of drug-likeness (QED) is 0.595. The SMILES string of the molecule is COc1ccc(C=NNC(=O)c2ccc3ccccc3n2)cc1. The summed E-state index contributed by atoms with van der Waals surface area (Å²) in [7, 11) is 1.61. The Balaban J connectivity index is 1.68. The molecule has 0 aliphatic rings. The van der Waals surface area contributed by atoms with Crippen LogP contribution < -0.4 is 10.2 Å². The average Bonchev–Trinajstić information content (AvgIpc) is 2.61. The molecule has 3 aromatic rings. The van der Waals surface area contributed by atoms with Crippen LogP contribution >= 0.6 is 0 Å². The number of amides is 1. The maximum Gasteiger partial charge on any atom is 0.289 e. The standard InChI is InChI=1S/C18H15N3O2/c1-23-15-9-6-13(7-10-15)12-19-21-18(22)17-11-8-14-4-2-3-5-16(14)20-17/h2-12H,1H3,(H,21,22). The number of hydrazone groups is 1. The zero-order valence-electron chi connectivity index (χ0n) is 12.6. The van der Waals surface area contributed by atoms with Gasteiger partial charge in [0.15, 0.2) is 0 Å². The number of nitrogens with zero attached hydrogens (tertiary/aromatic N) is 2. The molecule has 2 aromatic carbocycles. The Morgan fingerprint density at radius 2 is 1.87 bits per heavy atom. The number of hydrogen-bond donors (Lipinski definition) is 1. The van der Waals surface area contributed by atoms with Gasteiger partial charge in [0.05, 0.1) is 18.8 Å². The van der Waals surface area contributed by atoms with E-state index in [1.807, 2.05) is 54.6 Å². The monoisotopic (exact) mass is 305 g/mol. The van der Waals surface area contributed by atoms with Crippen LogP contribution in [-0.2, 0) is 0 Å². The Morgan fingerprint density at radius 3 is 2.65 bits per heavy atom. The number of aromatic nitrogens is 1. The Hall–Kier alpha value is -3.21. The number of benzene rings is 2. The van der Waals surface area contributed by atoms with Crippen molar-refractivity contribution in [2.75, 3.05) is 7.11 Å². The van der Waals surface area contributed by atoms with Gasteiger partial charge in [-0.25, -0.2) is 10.4 Å². The first-order valence-corrected chi connectivity index (χ1v) is 7.09. The van der Waals surface area contributed by atoms with E-state index < -0.39 is 0 Å². The fraction of sp³-hybridized carbons (Fsp3) is 0.0556. The summed E-state index contributed by atoms with van der Waals surface area (Å²) in [5.74, 6) is 0.423. The molecular weight excluding hydrogens is 290 g/mol. The number of para-hydroxylation sites is 1. The molecule has 23 heavy (non-hydrogen) atoms. The fourth-order valence-electron chi connectivity index (χ4n) is 2.11. The normalized spacial score (nSPS) is 10.8. The second-order valence-electron chi connectivity index (χ2n) is 4.86. The molecule has 1 heterocycles. The maximum absolute atomic E-state index is 12.1. The van der Waals surface area contributed by atoms with Crippen molar-refractivity contribution < 1.29 is 9.53 Å². The second-order valence-corrected chi connectivity index (χ2v) is 4.86. The molecule has 0 spiro atoms. The minimum absolute atomic E-state index is 0.329. The molecule has 1 N–H and O–H groups in total. The zero-order chi connectivity index (χ0) is 16.1. The molecule has 1 aromatic heterocycles. The van der Waals surface area contributed by atoms with Gasteiger partial charge in [0.2, 0.25) is 0 Å². The molecule has 0 unspecified atom stereocenters. The zero-order valence-corrected chi connectivity index (χ0v) is 12.6. The van der Waals surface area contributed by atoms with E-state index in [9.17, 15) is 4.79 Å². The van der Waals surface area contributed by atoms with Crippen LogP contribution in [0.1, 0.15) is 16.1 Å². The van der Waals surface area contributed by atoms with E-state index in [-0.39, 0.29) is 5.91 Å². The van der Waals surface area contributed by atoms with Crippen LogP contribution in [0.5, 0.6) is 5.75 Å². The fourth-order valence-corrected chi connectivity index (χ4v) is 2.11. The lowest BCUT2D eigenvalue weighted by Crippen LogP contribution is -2.18. The van der Waals surface area contributed by atoms with E-state index in [2.05, 4.69) is 15.5 Å². The number of ether oxygens (including phenoxy) is 1. The first kappa shape index (κ1) is 14.7. The molecule has 0 aliphatic heterocycles. The third-order valence-electron chi connectivity index (χ3n) is 3.33. The summed E-state index contributed by atoms with van der Waals surface area (Å²) < 4.78 is 5.08. The molecule has 5 nitrogen and oxygen atoms in total. The lowest BCUT2D eigenvalue weighted by Gasteiger charge is -2.02. The van der Waals surface area contributed by atoms with Gasteiger partial charge in [0, 0.05) is 5.39 Å². The summed E-state index contributed by atoms with van der Waals surface area (Å²) in [6.45, 7) is 0. The van der Waals surface area contributed by atoms with E-state index in [4.69, 9.17) is 4.74 Å². The van der Waals surface area contributed by atoms with Crippen LogP contribution in [0, 0.1) is 0 Å². The van der Waals surface area contributed by atoms with Gasteiger partial charge in [0.1, 0.15) is 11.4 Å². The van der Waals surface area contributed by atoms with E-state index in [0.29, 0.717) is 5.69 Å². The predicted molar refractivity (Wildman–Crippen MR) is 89.8 cm³/mol. The predicted octanol–water partition coefficient (Wildman–Crippen LogP) is 3.01. The van der Waals surface area contributed by atoms with Gasteiger partial charge in [-0.05, 0) is 42.0 Å². The Bertz CT molecular complexity index is 858. The van der Waals surface area contributed by atoms with E-state index in [1.165, 1.54) is 0 Å². The summed E-state index contributed by atoms with van der Waals surface area (Å²) in [6, 6.07) is 18.5. The van der Waals surface area contributed by atoms with Crippen LogP contribution in [0.25, 0.3) is 10.9 Å². The van der Waals surface area contributed by atoms with Gasteiger partial charge < -0.3 is 4.74 Å². The highest BCUT2D eigenvalue weighted by Crippen LogP contribution is 2.12. The molecule has 0 radical (unpaired) electrons. The van der Waals surface area contributed by atoms with Crippen molar-refractivity contribution in [1.82, 2.24) is 10.4 Å². The molecule has 0 saturated heterocycles. The number of methoxy groups -OCH3 is 1. The van der Waals surface area contributed by atoms with Gasteiger partial charge in [0.25, 0.3) is 5.91 Å². The lowest BCUT2D eigenvalue weighted by molar-refractivity contribution is 0.0950. The number of carbonyl (C=O) groups excluding carboxylic acids is 1. The van der Waals surface area contributed by atoms with Crippen LogP contribution in [0.3, 0.4) is 0 Å². The molecule has 0 fully saturated rings. The average molecular weight is 305 g/mol. The van der Waals surface area contributed by atoms with E-state index in [0.717, 1.165) is 22.2 Å². The second kappa shape index (κ2) is 6.70. The van der Waals surface area contributed by atoms with Gasteiger partial charge in [-0.15, -0.1) is 0 Å². The van der Waals surface area contributed by atoms with Crippen LogP contribution in [0.4, 0.5) is 0 Å². The summed E-state index contributed by atoms with van der Waals surface area (Å²) in [5.41, 5.74) is 4.44. The molecule has 0 saturated carbocycles. The number of rotatable bonds is 4. The van der Waals surface area contributed by atoms with Crippen molar-refractivity contribution in [3.05, 3.63) is 71.9 Å². The van der Waals surface area contributed by atoms with Crippen molar-refractivity contribution in [3.8, 4) is 5.75 Å². The first-order valence-electron chi connectivity index (χ1n) is 7.09. The minimum Gasteiger partial charge on any atom is -0.497 e. The first-order chi connectivity index (χ1) is 11.3. The van der Waals surface area contributed by atoms with Crippen LogP contribution in [-0.4, -0.2) is 24.2 Å². The minimum atomic E-state index is -0.347. The van der Waals surface area contributed by atoms with Crippen LogP contribution in [0.15, 0.2) is 65.8 Å². The number of hydrogen-bond acceptors (Lipinski definition) is 4. The maximum atomic E-state index is 12.1. The summed E-state index contributed by atoms with van der Waals surface area (Å²) >= 11 is 0. The van der Waals surface area contributed by atoms with Gasteiger partial charge in [-0.2, -0.15) is 5.10 Å². The molecule has 0 aliphatic carbocycles. The Kier molecular flexibility index (Phi) is 4.29. The lowest BCUT2D eigenvalue weighted by atomic mass is 10.2. The highest BCUT2D eigenvalue weighted by Gasteiger charge is 2.06. The van der Waals surface area contributed by atoms with E-state index in [1.54, 1.807) is 19.4 Å². The Morgan fingerprint density at radius 1 is 1.09 bits per heavy atom. The van der Waals surface area contributed by atoms with Crippen molar-refractivity contribution in [2.45, 2.75) is 0 Å². The summed E-state index contributed by atoms with van der Waals surface area (Å²) in [5, 5.41) is 4.94. The smallest absolute Gasteiger partial charge is 0.289 e. The number of carbonyl (C=O) groups is 1. The molecule has 114 valence electrons. The van der Waals surface area contributed by atoms with Gasteiger partial charge in [-0.1, -0.05) is 24.3 Å². The highest BCUT2D eigenvalue weighted by molar-refractivity contribution is 5.95. The molecular formula is C18H15N3O2. The molecule has 5 heteroatoms. The van der Waals surface area contributed by atoms with Crippen molar-refractivity contribution in [2.24, 2.45) is 5.10 Å². The molecule has 0 atom stereocenters. The molecule has 0 bridgehead atoms. The van der Waals surface area contributed by atoms with Crippen molar-refractivity contribution in [1.29, 1.82) is 0 Å². The highest BCUT2D eigenvalue weighted by atomic mass is 16.5. The van der Waals surface area contributed by atoms with E-state index >= 15 is 0 Å². The van der Waals surface area contributed by atoms with Gasteiger partial charge >= 0.3 is 0 Å². The topological polar surface area (TPSA) is 63.6 Å². The number of pyridine rings is 1.